The van der Waals surface area contributed by atoms with Crippen LogP contribution in [0.5, 0.6) is 0 Å². The first-order valence-corrected chi connectivity index (χ1v) is 8.16. The molecule has 3 aliphatic rings. The number of benzene rings is 1. The Morgan fingerprint density at radius 3 is 2.67 bits per heavy atom. The molecule has 1 amide bonds. The van der Waals surface area contributed by atoms with E-state index in [1.165, 1.54) is 0 Å². The van der Waals surface area contributed by atoms with Gasteiger partial charge in [-0.25, -0.2) is 0 Å². The zero-order valence-electron chi connectivity index (χ0n) is 11.8. The number of halogens is 2. The van der Waals surface area contributed by atoms with Gasteiger partial charge in [0.05, 0.1) is 18.1 Å². The van der Waals surface area contributed by atoms with Crippen molar-refractivity contribution in [3.63, 3.8) is 0 Å². The highest BCUT2D eigenvalue weighted by molar-refractivity contribution is 6.53. The van der Waals surface area contributed by atoms with Crippen molar-refractivity contribution >= 4 is 29.1 Å². The molecule has 3 unspecified atom stereocenters. The number of fused-ring (bicyclic) bond motifs is 1. The monoisotopic (exact) mass is 325 g/mol. The van der Waals surface area contributed by atoms with E-state index in [4.69, 9.17) is 27.9 Å². The van der Waals surface area contributed by atoms with Gasteiger partial charge in [0, 0.05) is 11.5 Å². The molecule has 2 saturated heterocycles. The van der Waals surface area contributed by atoms with Crippen LogP contribution in [0.4, 0.5) is 0 Å². The van der Waals surface area contributed by atoms with E-state index in [2.05, 4.69) is 0 Å². The molecule has 1 aromatic rings. The normalized spacial score (nSPS) is 39.9. The Hall–Kier alpha value is -0.770. The molecule has 0 bridgehead atoms. The predicted molar refractivity (Wildman–Crippen MR) is 81.0 cm³/mol. The van der Waals surface area contributed by atoms with Crippen molar-refractivity contribution in [1.29, 1.82) is 0 Å². The summed E-state index contributed by atoms with van der Waals surface area (Å²) in [7, 11) is 0. The SMILES string of the molecule is CCC1C(Cl)(Cl)C12CC1CO[C@@H](c3ccccc3)N1C2=O. The number of amides is 1. The smallest absolute Gasteiger partial charge is 0.234 e. The van der Waals surface area contributed by atoms with Gasteiger partial charge >= 0.3 is 0 Å². The molecule has 4 rings (SSSR count). The van der Waals surface area contributed by atoms with Crippen LogP contribution < -0.4 is 0 Å². The zero-order chi connectivity index (χ0) is 14.8. The van der Waals surface area contributed by atoms with Crippen LogP contribution in [-0.2, 0) is 9.53 Å². The molecule has 4 atom stereocenters. The van der Waals surface area contributed by atoms with Gasteiger partial charge < -0.3 is 9.64 Å². The number of alkyl halides is 2. The van der Waals surface area contributed by atoms with Crippen LogP contribution in [0.3, 0.4) is 0 Å². The van der Waals surface area contributed by atoms with Gasteiger partial charge in [-0.05, 0) is 12.8 Å². The third-order valence-corrected chi connectivity index (χ3v) is 6.50. The van der Waals surface area contributed by atoms with Crippen LogP contribution in [0.1, 0.15) is 31.6 Å². The van der Waals surface area contributed by atoms with Crippen LogP contribution >= 0.6 is 23.2 Å². The summed E-state index contributed by atoms with van der Waals surface area (Å²) in [6, 6.07) is 9.95. The van der Waals surface area contributed by atoms with Gasteiger partial charge in [0.25, 0.3) is 0 Å². The summed E-state index contributed by atoms with van der Waals surface area (Å²) in [6.45, 7) is 2.61. The van der Waals surface area contributed by atoms with E-state index in [0.29, 0.717) is 13.0 Å². The molecular weight excluding hydrogens is 309 g/mol. The highest BCUT2D eigenvalue weighted by atomic mass is 35.5. The van der Waals surface area contributed by atoms with E-state index >= 15 is 0 Å². The van der Waals surface area contributed by atoms with Crippen LogP contribution in [0.25, 0.3) is 0 Å². The fourth-order valence-electron chi connectivity index (χ4n) is 4.26. The molecule has 1 spiro atoms. The molecular formula is C16H17Cl2NO2. The second-order valence-electron chi connectivity index (χ2n) is 6.22. The molecule has 21 heavy (non-hydrogen) atoms. The maximum Gasteiger partial charge on any atom is 0.234 e. The number of ether oxygens (including phenoxy) is 1. The standard InChI is InChI=1S/C16H17Cl2NO2/c1-2-12-15(16(12,17)18)8-11-9-21-13(19(11)14(15)20)10-6-4-3-5-7-10/h3-7,11-13H,2,8-9H2,1H3/t11?,12?,13-,15?/m0/s1. The topological polar surface area (TPSA) is 29.5 Å². The van der Waals surface area contributed by atoms with E-state index in [1.807, 2.05) is 42.2 Å². The Balaban J connectivity index is 1.68. The van der Waals surface area contributed by atoms with Crippen LogP contribution in [0, 0.1) is 11.3 Å². The maximum atomic E-state index is 13.0. The van der Waals surface area contributed by atoms with E-state index < -0.39 is 9.75 Å². The van der Waals surface area contributed by atoms with Gasteiger partial charge in [0.2, 0.25) is 5.91 Å². The van der Waals surface area contributed by atoms with Crippen molar-refractivity contribution in [3.8, 4) is 0 Å². The Bertz CT molecular complexity index is 591. The number of carbonyl (C=O) groups excluding carboxylic acids is 1. The summed E-state index contributed by atoms with van der Waals surface area (Å²) < 4.78 is 4.94. The van der Waals surface area contributed by atoms with E-state index in [1.54, 1.807) is 0 Å². The average Bonchev–Trinajstić information content (AvgIpc) is 2.80. The van der Waals surface area contributed by atoms with Crippen LogP contribution in [0.2, 0.25) is 0 Å². The highest BCUT2D eigenvalue weighted by Gasteiger charge is 2.83. The molecule has 2 heterocycles. The zero-order valence-corrected chi connectivity index (χ0v) is 13.3. The molecule has 3 nitrogen and oxygen atoms in total. The van der Waals surface area contributed by atoms with Gasteiger partial charge in [-0.15, -0.1) is 23.2 Å². The molecule has 0 aromatic heterocycles. The van der Waals surface area contributed by atoms with Crippen molar-refractivity contribution < 1.29 is 9.53 Å². The summed E-state index contributed by atoms with van der Waals surface area (Å²) >= 11 is 12.9. The maximum absolute atomic E-state index is 13.0. The van der Waals surface area contributed by atoms with Gasteiger partial charge in [0.1, 0.15) is 4.33 Å². The largest absolute Gasteiger partial charge is 0.352 e. The second kappa shape index (κ2) is 4.37. The molecule has 5 heteroatoms. The third kappa shape index (κ3) is 1.57. The van der Waals surface area contributed by atoms with E-state index in [-0.39, 0.29) is 24.1 Å². The van der Waals surface area contributed by atoms with Gasteiger partial charge in [-0.1, -0.05) is 37.3 Å². The summed E-state index contributed by atoms with van der Waals surface area (Å²) in [5.74, 6) is 0.124. The molecule has 112 valence electrons. The van der Waals surface area contributed by atoms with Crippen molar-refractivity contribution in [2.45, 2.75) is 36.4 Å². The predicted octanol–water partition coefficient (Wildman–Crippen LogP) is 3.52. The quantitative estimate of drug-likeness (QED) is 0.779. The number of rotatable bonds is 2. The number of hydrogen-bond acceptors (Lipinski definition) is 2. The molecule has 1 saturated carbocycles. The summed E-state index contributed by atoms with van der Waals surface area (Å²) in [6.07, 6.45) is 1.24. The number of nitrogens with zero attached hydrogens (tertiary/aromatic N) is 1. The van der Waals surface area contributed by atoms with Crippen molar-refractivity contribution in [2.75, 3.05) is 6.61 Å². The second-order valence-corrected chi connectivity index (χ2v) is 7.61. The Morgan fingerprint density at radius 1 is 1.33 bits per heavy atom. The Labute approximate surface area is 134 Å². The summed E-state index contributed by atoms with van der Waals surface area (Å²) in [5, 5.41) is 0. The molecule has 3 fully saturated rings. The lowest BCUT2D eigenvalue weighted by molar-refractivity contribution is -0.139. The van der Waals surface area contributed by atoms with Gasteiger partial charge in [-0.2, -0.15) is 0 Å². The fraction of sp³-hybridized carbons (Fsp3) is 0.562. The van der Waals surface area contributed by atoms with Gasteiger partial charge in [-0.3, -0.25) is 4.79 Å². The van der Waals surface area contributed by atoms with Crippen LogP contribution in [-0.4, -0.2) is 27.8 Å². The van der Waals surface area contributed by atoms with Crippen molar-refractivity contribution in [3.05, 3.63) is 35.9 Å². The van der Waals surface area contributed by atoms with Crippen molar-refractivity contribution in [1.82, 2.24) is 4.90 Å². The Kier molecular flexibility index (Phi) is 2.89. The fourth-order valence-corrected chi connectivity index (χ4v) is 5.41. The lowest BCUT2D eigenvalue weighted by Crippen LogP contribution is -2.33. The third-order valence-electron chi connectivity index (χ3n) is 5.30. The van der Waals surface area contributed by atoms with Crippen molar-refractivity contribution in [2.24, 2.45) is 11.3 Å². The first kappa shape index (κ1) is 13.9. The number of hydrogen-bond donors (Lipinski definition) is 0. The number of carbonyl (C=O) groups is 1. The van der Waals surface area contributed by atoms with Crippen LogP contribution in [0.15, 0.2) is 30.3 Å². The molecule has 0 N–H and O–H groups in total. The lowest BCUT2D eigenvalue weighted by Gasteiger charge is -2.23. The Morgan fingerprint density at radius 2 is 2.05 bits per heavy atom. The average molecular weight is 326 g/mol. The first-order chi connectivity index (χ1) is 10.0. The van der Waals surface area contributed by atoms with E-state index in [9.17, 15) is 4.79 Å². The summed E-state index contributed by atoms with van der Waals surface area (Å²) in [4.78, 5) is 14.9. The summed E-state index contributed by atoms with van der Waals surface area (Å²) in [5.41, 5.74) is 0.417. The minimum absolute atomic E-state index is 0.0582. The molecule has 1 aromatic carbocycles. The highest BCUT2D eigenvalue weighted by Crippen LogP contribution is 2.76. The minimum Gasteiger partial charge on any atom is -0.352 e. The lowest BCUT2D eigenvalue weighted by atomic mass is 9.98. The first-order valence-electron chi connectivity index (χ1n) is 7.41. The molecule has 1 aliphatic carbocycles. The molecule has 0 radical (unpaired) electrons. The minimum atomic E-state index is -0.912. The van der Waals surface area contributed by atoms with E-state index in [0.717, 1.165) is 12.0 Å². The molecule has 2 aliphatic heterocycles. The van der Waals surface area contributed by atoms with Gasteiger partial charge in [0.15, 0.2) is 6.23 Å².